The van der Waals surface area contributed by atoms with Gasteiger partial charge in [-0.3, -0.25) is 4.79 Å². The number of aliphatic hydroxyl groups is 1. The first-order valence-corrected chi connectivity index (χ1v) is 11.5. The number of aliphatic hydroxyl groups excluding tert-OH is 1. The maximum Gasteiger partial charge on any atom is 0.303 e. The minimum absolute atomic E-state index is 0.145. The lowest BCUT2D eigenvalue weighted by atomic mass is 10.1. The van der Waals surface area contributed by atoms with E-state index in [1.807, 2.05) is 13.8 Å². The van der Waals surface area contributed by atoms with E-state index in [4.69, 9.17) is 14.6 Å². The first-order chi connectivity index (χ1) is 13.5. The minimum atomic E-state index is -0.745. The molecule has 28 heavy (non-hydrogen) atoms. The maximum atomic E-state index is 9.46. The fourth-order valence-electron chi connectivity index (χ4n) is 2.57. The molecule has 0 aromatic heterocycles. The van der Waals surface area contributed by atoms with Gasteiger partial charge in [0.2, 0.25) is 0 Å². The van der Waals surface area contributed by atoms with Gasteiger partial charge < -0.3 is 19.7 Å². The molecule has 0 aliphatic carbocycles. The van der Waals surface area contributed by atoms with E-state index < -0.39 is 12.3 Å². The van der Waals surface area contributed by atoms with Crippen molar-refractivity contribution in [1.29, 1.82) is 0 Å². The van der Waals surface area contributed by atoms with Crippen LogP contribution in [0.3, 0.4) is 0 Å². The van der Waals surface area contributed by atoms with Gasteiger partial charge in [-0.2, -0.15) is 0 Å². The molecular formula is C23H48O5. The van der Waals surface area contributed by atoms with Crippen LogP contribution in [0.15, 0.2) is 0 Å². The average Bonchev–Trinajstić information content (AvgIpc) is 2.67. The number of carbonyl (C=O) groups is 1. The monoisotopic (exact) mass is 404 g/mol. The largest absolute Gasteiger partial charge is 0.481 e. The van der Waals surface area contributed by atoms with Gasteiger partial charge >= 0.3 is 5.97 Å². The van der Waals surface area contributed by atoms with E-state index in [0.717, 1.165) is 13.0 Å². The van der Waals surface area contributed by atoms with Crippen LogP contribution in [0.5, 0.6) is 0 Å². The number of ether oxygens (including phenoxy) is 2. The Morgan fingerprint density at radius 1 is 0.750 bits per heavy atom. The topological polar surface area (TPSA) is 76.0 Å². The number of carboxylic acids is 1. The highest BCUT2D eigenvalue weighted by Gasteiger charge is 2.07. The molecule has 0 rings (SSSR count). The van der Waals surface area contributed by atoms with Crippen LogP contribution in [0.1, 0.15) is 111 Å². The Morgan fingerprint density at radius 3 is 1.57 bits per heavy atom. The fraction of sp³-hybridized carbons (Fsp3) is 0.957. The van der Waals surface area contributed by atoms with Crippen LogP contribution in [-0.4, -0.2) is 42.3 Å². The van der Waals surface area contributed by atoms with Crippen LogP contribution in [0.25, 0.3) is 0 Å². The molecule has 1 atom stereocenters. The van der Waals surface area contributed by atoms with Crippen molar-refractivity contribution in [3.8, 4) is 0 Å². The number of carboxylic acid groups (broad SMARTS) is 1. The highest BCUT2D eigenvalue weighted by atomic mass is 16.6. The third-order valence-corrected chi connectivity index (χ3v) is 4.53. The molecule has 2 N–H and O–H groups in total. The van der Waals surface area contributed by atoms with Gasteiger partial charge in [-0.25, -0.2) is 0 Å². The molecule has 0 fully saturated rings. The molecule has 0 aliphatic heterocycles. The van der Waals surface area contributed by atoms with E-state index in [2.05, 4.69) is 6.92 Å². The van der Waals surface area contributed by atoms with Gasteiger partial charge in [0, 0.05) is 18.9 Å². The zero-order chi connectivity index (χ0) is 21.5. The highest BCUT2D eigenvalue weighted by Crippen LogP contribution is 2.11. The molecule has 0 aromatic carbocycles. The Balaban J connectivity index is 0. The van der Waals surface area contributed by atoms with Gasteiger partial charge in [0.15, 0.2) is 6.29 Å². The second-order valence-corrected chi connectivity index (χ2v) is 7.75. The molecule has 0 saturated heterocycles. The normalized spacial score (nSPS) is 11.9. The third-order valence-electron chi connectivity index (χ3n) is 4.53. The molecule has 5 heteroatoms. The Bertz CT molecular complexity index is 307. The second kappa shape index (κ2) is 24.4. The van der Waals surface area contributed by atoms with Crippen LogP contribution in [0.2, 0.25) is 0 Å². The third kappa shape index (κ3) is 27.6. The lowest BCUT2D eigenvalue weighted by molar-refractivity contribution is -0.136. The summed E-state index contributed by atoms with van der Waals surface area (Å²) < 4.78 is 10.8. The van der Waals surface area contributed by atoms with Crippen molar-refractivity contribution in [2.24, 2.45) is 5.92 Å². The lowest BCUT2D eigenvalue weighted by Gasteiger charge is -2.15. The molecule has 0 aromatic rings. The Labute approximate surface area is 174 Å². The summed E-state index contributed by atoms with van der Waals surface area (Å²) in [5, 5.41) is 17.2. The predicted molar refractivity (Wildman–Crippen MR) is 117 cm³/mol. The zero-order valence-corrected chi connectivity index (χ0v) is 19.1. The van der Waals surface area contributed by atoms with Crippen LogP contribution in [0.4, 0.5) is 0 Å². The molecule has 0 heterocycles. The standard InChI is InChI=1S/C20H42O3.C3H6O2/c1-4-5-6-7-8-9-10-11-12-13-14-15-16-22-17-18-23-20(21)19(2)3;1-2-3(4)5/h19-21H,4-18H2,1-3H3;2H2,1H3,(H,4,5). The number of aliphatic carboxylic acids is 1. The average molecular weight is 405 g/mol. The summed E-state index contributed by atoms with van der Waals surface area (Å²) in [5.41, 5.74) is 0. The summed E-state index contributed by atoms with van der Waals surface area (Å²) in [6.45, 7) is 9.65. The van der Waals surface area contributed by atoms with Crippen molar-refractivity contribution < 1.29 is 24.5 Å². The van der Waals surface area contributed by atoms with E-state index in [-0.39, 0.29) is 12.3 Å². The van der Waals surface area contributed by atoms with E-state index in [1.54, 1.807) is 6.92 Å². The molecule has 0 aliphatic rings. The van der Waals surface area contributed by atoms with Crippen molar-refractivity contribution in [1.82, 2.24) is 0 Å². The maximum absolute atomic E-state index is 9.46. The molecule has 0 amide bonds. The highest BCUT2D eigenvalue weighted by molar-refractivity contribution is 5.66. The molecule has 170 valence electrons. The summed E-state index contributed by atoms with van der Waals surface area (Å²) in [4.78, 5) is 9.37. The van der Waals surface area contributed by atoms with Crippen molar-refractivity contribution in [3.63, 3.8) is 0 Å². The van der Waals surface area contributed by atoms with Crippen LogP contribution < -0.4 is 0 Å². The first kappa shape index (κ1) is 29.6. The van der Waals surface area contributed by atoms with Gasteiger partial charge in [0.1, 0.15) is 0 Å². The molecule has 0 saturated carbocycles. The van der Waals surface area contributed by atoms with Crippen LogP contribution >= 0.6 is 0 Å². The molecule has 5 nitrogen and oxygen atoms in total. The predicted octanol–water partition coefficient (Wildman–Crippen LogP) is 6.18. The Kier molecular flexibility index (Phi) is 25.7. The summed E-state index contributed by atoms with van der Waals surface area (Å²) in [7, 11) is 0. The zero-order valence-electron chi connectivity index (χ0n) is 19.1. The number of hydrogen-bond donors (Lipinski definition) is 2. The van der Waals surface area contributed by atoms with Gasteiger partial charge in [0.05, 0.1) is 13.2 Å². The van der Waals surface area contributed by atoms with Gasteiger partial charge in [-0.15, -0.1) is 0 Å². The first-order valence-electron chi connectivity index (χ1n) is 11.5. The molecule has 0 spiro atoms. The molecule has 0 radical (unpaired) electrons. The SMILES string of the molecule is CCC(=O)O.CCCCCCCCCCCCCCOCCOC(O)C(C)C. The Hall–Kier alpha value is -0.650. The van der Waals surface area contributed by atoms with E-state index in [9.17, 15) is 9.90 Å². The van der Waals surface area contributed by atoms with Crippen molar-refractivity contribution in [2.75, 3.05) is 19.8 Å². The molecule has 0 bridgehead atoms. The van der Waals surface area contributed by atoms with E-state index >= 15 is 0 Å². The van der Waals surface area contributed by atoms with Gasteiger partial charge in [-0.1, -0.05) is 98.3 Å². The summed E-state index contributed by atoms with van der Waals surface area (Å²) in [5.74, 6) is -0.601. The fourth-order valence-corrected chi connectivity index (χ4v) is 2.57. The van der Waals surface area contributed by atoms with Crippen LogP contribution in [-0.2, 0) is 14.3 Å². The van der Waals surface area contributed by atoms with E-state index in [1.165, 1.54) is 70.6 Å². The van der Waals surface area contributed by atoms with Crippen molar-refractivity contribution in [2.45, 2.75) is 117 Å². The Morgan fingerprint density at radius 2 is 1.18 bits per heavy atom. The summed E-state index contributed by atoms with van der Waals surface area (Å²) in [6, 6.07) is 0. The van der Waals surface area contributed by atoms with Gasteiger partial charge in [-0.05, 0) is 6.42 Å². The van der Waals surface area contributed by atoms with Gasteiger partial charge in [0.25, 0.3) is 0 Å². The second-order valence-electron chi connectivity index (χ2n) is 7.75. The summed E-state index contributed by atoms with van der Waals surface area (Å²) >= 11 is 0. The molecule has 1 unspecified atom stereocenters. The number of unbranched alkanes of at least 4 members (excludes halogenated alkanes) is 11. The van der Waals surface area contributed by atoms with E-state index in [0.29, 0.717) is 13.2 Å². The number of rotatable bonds is 19. The molecular weight excluding hydrogens is 356 g/mol. The summed E-state index contributed by atoms with van der Waals surface area (Å²) in [6.07, 6.45) is 16.0. The van der Waals surface area contributed by atoms with Crippen LogP contribution in [0, 0.1) is 5.92 Å². The van der Waals surface area contributed by atoms with Crippen molar-refractivity contribution in [3.05, 3.63) is 0 Å². The van der Waals surface area contributed by atoms with Crippen molar-refractivity contribution >= 4 is 5.97 Å². The lowest BCUT2D eigenvalue weighted by Crippen LogP contribution is -2.21. The number of hydrogen-bond acceptors (Lipinski definition) is 4. The minimum Gasteiger partial charge on any atom is -0.481 e. The quantitative estimate of drug-likeness (QED) is 0.199. The smallest absolute Gasteiger partial charge is 0.303 e.